The van der Waals surface area contributed by atoms with Gasteiger partial charge in [-0.2, -0.15) is 0 Å². The summed E-state index contributed by atoms with van der Waals surface area (Å²) in [6.07, 6.45) is 3.14. The number of rotatable bonds is 2. The minimum Gasteiger partial charge on any atom is -0.384 e. The van der Waals surface area contributed by atoms with Crippen molar-refractivity contribution in [3.63, 3.8) is 0 Å². The van der Waals surface area contributed by atoms with Crippen LogP contribution < -0.4 is 5.32 Å². The molecule has 126 valence electrons. The third kappa shape index (κ3) is 3.27. The highest BCUT2D eigenvalue weighted by atomic mass is 35.5. The Morgan fingerprint density at radius 3 is 2.54 bits per heavy atom. The number of likely N-dealkylation sites (tertiary alicyclic amines) is 1. The second kappa shape index (κ2) is 7.27. The van der Waals surface area contributed by atoms with Gasteiger partial charge >= 0.3 is 0 Å². The fraction of sp³-hybridized carbons (Fsp3) is 0.350. The molecular formula is C20H23ClN2O. The Morgan fingerprint density at radius 1 is 1.04 bits per heavy atom. The highest BCUT2D eigenvalue weighted by Gasteiger charge is 2.25. The standard InChI is InChI=1S/C20H22N2O.ClH/c23-20(18-6-7-19-17(14-18)8-11-21-19)22-12-9-16(10-13-22)15-4-2-1-3-5-15;/h1-7,14,16,21H,8-13H2;1H. The van der Waals surface area contributed by atoms with Crippen molar-refractivity contribution in [1.82, 2.24) is 4.90 Å². The van der Waals surface area contributed by atoms with Crippen LogP contribution in [-0.4, -0.2) is 30.4 Å². The van der Waals surface area contributed by atoms with Gasteiger partial charge in [-0.1, -0.05) is 30.3 Å². The number of anilines is 1. The Labute approximate surface area is 149 Å². The summed E-state index contributed by atoms with van der Waals surface area (Å²) in [5, 5.41) is 3.34. The summed E-state index contributed by atoms with van der Waals surface area (Å²) in [5.41, 5.74) is 4.70. The predicted molar refractivity (Wildman–Crippen MR) is 100 cm³/mol. The second-order valence-corrected chi connectivity index (χ2v) is 6.53. The summed E-state index contributed by atoms with van der Waals surface area (Å²) in [6, 6.07) is 16.8. The van der Waals surface area contributed by atoms with E-state index < -0.39 is 0 Å². The van der Waals surface area contributed by atoms with E-state index in [-0.39, 0.29) is 18.3 Å². The molecule has 0 aliphatic carbocycles. The van der Waals surface area contributed by atoms with Crippen molar-refractivity contribution in [3.8, 4) is 0 Å². The molecule has 0 atom stereocenters. The molecule has 1 saturated heterocycles. The van der Waals surface area contributed by atoms with Crippen LogP contribution in [0.1, 0.15) is 40.2 Å². The van der Waals surface area contributed by atoms with Crippen LogP contribution in [0.25, 0.3) is 0 Å². The van der Waals surface area contributed by atoms with Crippen molar-refractivity contribution in [2.75, 3.05) is 25.0 Å². The smallest absolute Gasteiger partial charge is 0.253 e. The maximum Gasteiger partial charge on any atom is 0.253 e. The molecule has 4 rings (SSSR count). The van der Waals surface area contributed by atoms with Crippen LogP contribution in [0.3, 0.4) is 0 Å². The third-order valence-electron chi connectivity index (χ3n) is 5.12. The first-order valence-corrected chi connectivity index (χ1v) is 8.52. The van der Waals surface area contributed by atoms with Crippen LogP contribution >= 0.6 is 12.4 Å². The number of hydrogen-bond donors (Lipinski definition) is 1. The number of hydrogen-bond acceptors (Lipinski definition) is 2. The molecule has 2 aromatic rings. The lowest BCUT2D eigenvalue weighted by molar-refractivity contribution is 0.0713. The predicted octanol–water partition coefficient (Wildman–Crippen LogP) is 4.10. The summed E-state index contributed by atoms with van der Waals surface area (Å²) in [5.74, 6) is 0.774. The zero-order chi connectivity index (χ0) is 15.6. The second-order valence-electron chi connectivity index (χ2n) is 6.53. The van der Waals surface area contributed by atoms with Gasteiger partial charge in [0.2, 0.25) is 0 Å². The molecule has 1 fully saturated rings. The molecule has 1 N–H and O–H groups in total. The van der Waals surface area contributed by atoms with E-state index in [1.165, 1.54) is 16.8 Å². The Kier molecular flexibility index (Phi) is 5.10. The maximum atomic E-state index is 12.7. The van der Waals surface area contributed by atoms with Crippen LogP contribution in [0.15, 0.2) is 48.5 Å². The average molecular weight is 343 g/mol. The zero-order valence-electron chi connectivity index (χ0n) is 13.7. The molecule has 2 aliphatic rings. The molecule has 0 aromatic heterocycles. The van der Waals surface area contributed by atoms with E-state index >= 15 is 0 Å². The van der Waals surface area contributed by atoms with Crippen molar-refractivity contribution in [1.29, 1.82) is 0 Å². The minimum absolute atomic E-state index is 0. The van der Waals surface area contributed by atoms with Gasteiger partial charge in [-0.25, -0.2) is 0 Å². The van der Waals surface area contributed by atoms with E-state index in [0.29, 0.717) is 5.92 Å². The van der Waals surface area contributed by atoms with Gasteiger partial charge < -0.3 is 10.2 Å². The van der Waals surface area contributed by atoms with E-state index in [2.05, 4.69) is 41.7 Å². The van der Waals surface area contributed by atoms with E-state index in [1.54, 1.807) is 0 Å². The average Bonchev–Trinajstić information content (AvgIpc) is 3.10. The van der Waals surface area contributed by atoms with Crippen molar-refractivity contribution in [2.24, 2.45) is 0 Å². The molecule has 2 heterocycles. The monoisotopic (exact) mass is 342 g/mol. The molecule has 0 saturated carbocycles. The number of halogens is 1. The molecule has 2 aromatic carbocycles. The van der Waals surface area contributed by atoms with E-state index in [4.69, 9.17) is 0 Å². The Bertz CT molecular complexity index is 709. The quantitative estimate of drug-likeness (QED) is 0.891. The van der Waals surface area contributed by atoms with Gasteiger partial charge in [0, 0.05) is 30.9 Å². The van der Waals surface area contributed by atoms with Crippen molar-refractivity contribution in [3.05, 3.63) is 65.2 Å². The van der Waals surface area contributed by atoms with Crippen LogP contribution in [-0.2, 0) is 6.42 Å². The molecule has 0 radical (unpaired) electrons. The van der Waals surface area contributed by atoms with Crippen LogP contribution in [0.5, 0.6) is 0 Å². The van der Waals surface area contributed by atoms with Gasteiger partial charge in [0.15, 0.2) is 0 Å². The number of fused-ring (bicyclic) bond motifs is 1. The van der Waals surface area contributed by atoms with Crippen molar-refractivity contribution < 1.29 is 4.79 Å². The third-order valence-corrected chi connectivity index (χ3v) is 5.12. The van der Waals surface area contributed by atoms with Crippen LogP contribution in [0.4, 0.5) is 5.69 Å². The number of nitrogens with one attached hydrogen (secondary N) is 1. The van der Waals surface area contributed by atoms with Gasteiger partial charge in [0.05, 0.1) is 0 Å². The molecule has 0 bridgehead atoms. The number of carbonyl (C=O) groups is 1. The molecule has 1 amide bonds. The summed E-state index contributed by atoms with van der Waals surface area (Å²) in [6.45, 7) is 2.69. The zero-order valence-corrected chi connectivity index (χ0v) is 14.5. The fourth-order valence-electron chi connectivity index (χ4n) is 3.76. The van der Waals surface area contributed by atoms with Crippen molar-refractivity contribution in [2.45, 2.75) is 25.2 Å². The van der Waals surface area contributed by atoms with Crippen LogP contribution in [0.2, 0.25) is 0 Å². The lowest BCUT2D eigenvalue weighted by Gasteiger charge is -2.32. The van der Waals surface area contributed by atoms with Gasteiger partial charge in [0.25, 0.3) is 5.91 Å². The largest absolute Gasteiger partial charge is 0.384 e. The number of amides is 1. The van der Waals surface area contributed by atoms with E-state index in [9.17, 15) is 4.79 Å². The van der Waals surface area contributed by atoms with E-state index in [0.717, 1.165) is 44.5 Å². The topological polar surface area (TPSA) is 32.3 Å². The first kappa shape index (κ1) is 16.8. The normalized spacial score (nSPS) is 16.9. The fourth-order valence-corrected chi connectivity index (χ4v) is 3.76. The Hall–Kier alpha value is -2.00. The van der Waals surface area contributed by atoms with Crippen molar-refractivity contribution >= 4 is 24.0 Å². The molecule has 0 spiro atoms. The highest BCUT2D eigenvalue weighted by Crippen LogP contribution is 2.29. The lowest BCUT2D eigenvalue weighted by Crippen LogP contribution is -2.37. The molecule has 3 nitrogen and oxygen atoms in total. The summed E-state index contributed by atoms with van der Waals surface area (Å²) in [7, 11) is 0. The number of piperidine rings is 1. The van der Waals surface area contributed by atoms with Gasteiger partial charge in [-0.05, 0) is 54.5 Å². The maximum absolute atomic E-state index is 12.7. The first-order valence-electron chi connectivity index (χ1n) is 8.52. The Balaban J connectivity index is 0.00000169. The molecule has 4 heteroatoms. The summed E-state index contributed by atoms with van der Waals surface area (Å²) < 4.78 is 0. The number of carbonyl (C=O) groups excluding carboxylic acids is 1. The first-order chi connectivity index (χ1) is 11.3. The Morgan fingerprint density at radius 2 is 1.79 bits per heavy atom. The lowest BCUT2D eigenvalue weighted by atomic mass is 9.89. The molecule has 2 aliphatic heterocycles. The number of benzene rings is 2. The van der Waals surface area contributed by atoms with Gasteiger partial charge in [-0.3, -0.25) is 4.79 Å². The molecular weight excluding hydrogens is 320 g/mol. The number of nitrogens with zero attached hydrogens (tertiary/aromatic N) is 1. The summed E-state index contributed by atoms with van der Waals surface area (Å²) >= 11 is 0. The van der Waals surface area contributed by atoms with E-state index in [1.807, 2.05) is 17.0 Å². The molecule has 0 unspecified atom stereocenters. The van der Waals surface area contributed by atoms with Gasteiger partial charge in [0.1, 0.15) is 0 Å². The van der Waals surface area contributed by atoms with Gasteiger partial charge in [-0.15, -0.1) is 12.4 Å². The minimum atomic E-state index is 0. The SMILES string of the molecule is Cl.O=C(c1ccc2c(c1)CCN2)N1CCC(c2ccccc2)CC1. The molecule has 24 heavy (non-hydrogen) atoms. The van der Waals surface area contributed by atoms with Crippen LogP contribution in [0, 0.1) is 0 Å². The summed E-state index contributed by atoms with van der Waals surface area (Å²) in [4.78, 5) is 14.8. The highest BCUT2D eigenvalue weighted by molar-refractivity contribution is 5.95.